The van der Waals surface area contributed by atoms with Crippen LogP contribution < -0.4 is 0 Å². The monoisotopic (exact) mass is 265 g/mol. The van der Waals surface area contributed by atoms with Crippen LogP contribution >= 0.6 is 0 Å². The standard InChI is InChI=1S/C15H23NO3/c1-3-6-13-11-7-5-8-14(17)12(11)9-10-16(13)15(18)19-4-2/h3,6,11-13H,4-5,7-10H2,1-2H3/b6-3+/t11-,12+,13-/m1/s1. The molecule has 0 radical (unpaired) electrons. The molecule has 0 aromatic heterocycles. The maximum absolute atomic E-state index is 12.0. The molecule has 2 aliphatic rings. The molecule has 2 rings (SSSR count). The Morgan fingerprint density at radius 3 is 2.95 bits per heavy atom. The second kappa shape index (κ2) is 6.22. The molecular weight excluding hydrogens is 242 g/mol. The maximum Gasteiger partial charge on any atom is 0.410 e. The number of hydrogen-bond donors (Lipinski definition) is 0. The van der Waals surface area contributed by atoms with Crippen LogP contribution in [0.15, 0.2) is 12.2 Å². The summed E-state index contributed by atoms with van der Waals surface area (Å²) in [4.78, 5) is 25.8. The van der Waals surface area contributed by atoms with Gasteiger partial charge in [0.15, 0.2) is 0 Å². The summed E-state index contributed by atoms with van der Waals surface area (Å²) in [6.45, 7) is 4.79. The zero-order chi connectivity index (χ0) is 13.8. The Morgan fingerprint density at radius 1 is 1.47 bits per heavy atom. The first kappa shape index (κ1) is 14.1. The smallest absolute Gasteiger partial charge is 0.410 e. The van der Waals surface area contributed by atoms with Crippen molar-refractivity contribution < 1.29 is 14.3 Å². The molecule has 1 heterocycles. The van der Waals surface area contributed by atoms with Crippen LogP contribution in [0.3, 0.4) is 0 Å². The summed E-state index contributed by atoms with van der Waals surface area (Å²) in [6, 6.07) is 0.0204. The Hall–Kier alpha value is -1.32. The molecule has 1 aliphatic heterocycles. The third kappa shape index (κ3) is 2.82. The van der Waals surface area contributed by atoms with Crippen LogP contribution in [0.25, 0.3) is 0 Å². The molecule has 0 spiro atoms. The number of ether oxygens (including phenoxy) is 1. The van der Waals surface area contributed by atoms with Gasteiger partial charge >= 0.3 is 6.09 Å². The van der Waals surface area contributed by atoms with E-state index in [1.54, 1.807) is 4.90 Å². The molecule has 1 saturated carbocycles. The van der Waals surface area contributed by atoms with Gasteiger partial charge in [0.05, 0.1) is 12.6 Å². The van der Waals surface area contributed by atoms with Gasteiger partial charge in [0, 0.05) is 18.9 Å². The summed E-state index contributed by atoms with van der Waals surface area (Å²) >= 11 is 0. The second-order valence-corrected chi connectivity index (χ2v) is 5.33. The molecule has 1 aliphatic carbocycles. The Kier molecular flexibility index (Phi) is 4.61. The van der Waals surface area contributed by atoms with Crippen LogP contribution in [-0.4, -0.2) is 36.0 Å². The lowest BCUT2D eigenvalue weighted by molar-refractivity contribution is -0.129. The minimum Gasteiger partial charge on any atom is -0.450 e. The van der Waals surface area contributed by atoms with Crippen LogP contribution in [0, 0.1) is 11.8 Å². The van der Waals surface area contributed by atoms with Crippen molar-refractivity contribution in [1.82, 2.24) is 4.90 Å². The lowest BCUT2D eigenvalue weighted by Crippen LogP contribution is -2.53. The quantitative estimate of drug-likeness (QED) is 0.721. The van der Waals surface area contributed by atoms with Crippen LogP contribution in [0.1, 0.15) is 39.5 Å². The SMILES string of the molecule is C/C=C/[C@@H]1[C@@H]2CCCC(=O)[C@H]2CCN1C(=O)OCC. The molecule has 2 fully saturated rings. The normalized spacial score (nSPS) is 31.4. The van der Waals surface area contributed by atoms with Gasteiger partial charge in [-0.1, -0.05) is 12.2 Å². The van der Waals surface area contributed by atoms with E-state index in [1.807, 2.05) is 26.0 Å². The number of fused-ring (bicyclic) bond motifs is 1. The highest BCUT2D eigenvalue weighted by molar-refractivity contribution is 5.82. The van der Waals surface area contributed by atoms with Gasteiger partial charge < -0.3 is 9.64 Å². The number of carbonyl (C=O) groups is 2. The van der Waals surface area contributed by atoms with E-state index >= 15 is 0 Å². The Labute approximate surface area is 114 Å². The van der Waals surface area contributed by atoms with Crippen molar-refractivity contribution in [2.45, 2.75) is 45.6 Å². The van der Waals surface area contributed by atoms with E-state index in [2.05, 4.69) is 0 Å². The number of ketones is 1. The Morgan fingerprint density at radius 2 is 2.26 bits per heavy atom. The number of piperidine rings is 1. The van der Waals surface area contributed by atoms with Gasteiger partial charge in [0.2, 0.25) is 0 Å². The summed E-state index contributed by atoms with van der Waals surface area (Å²) in [5.41, 5.74) is 0. The lowest BCUT2D eigenvalue weighted by atomic mass is 9.70. The number of rotatable bonds is 2. The molecule has 4 heteroatoms. The first-order chi connectivity index (χ1) is 9.19. The minimum atomic E-state index is -0.248. The largest absolute Gasteiger partial charge is 0.450 e. The van der Waals surface area contributed by atoms with E-state index in [9.17, 15) is 9.59 Å². The molecular formula is C15H23NO3. The molecule has 1 amide bonds. The fourth-order valence-electron chi connectivity index (χ4n) is 3.44. The fourth-order valence-corrected chi connectivity index (χ4v) is 3.44. The van der Waals surface area contributed by atoms with E-state index in [-0.39, 0.29) is 24.0 Å². The first-order valence-corrected chi connectivity index (χ1v) is 7.28. The van der Waals surface area contributed by atoms with Gasteiger partial charge in [-0.25, -0.2) is 4.79 Å². The van der Waals surface area contributed by atoms with E-state index in [0.717, 1.165) is 19.3 Å². The zero-order valence-corrected chi connectivity index (χ0v) is 11.8. The molecule has 0 aromatic rings. The molecule has 4 nitrogen and oxygen atoms in total. The predicted octanol–water partition coefficient (Wildman–Crippen LogP) is 2.78. The molecule has 0 aromatic carbocycles. The highest BCUT2D eigenvalue weighted by atomic mass is 16.6. The zero-order valence-electron chi connectivity index (χ0n) is 11.8. The van der Waals surface area contributed by atoms with Gasteiger partial charge in [-0.2, -0.15) is 0 Å². The first-order valence-electron chi connectivity index (χ1n) is 7.28. The van der Waals surface area contributed by atoms with Gasteiger partial charge in [0.25, 0.3) is 0 Å². The predicted molar refractivity (Wildman–Crippen MR) is 72.8 cm³/mol. The lowest BCUT2D eigenvalue weighted by Gasteiger charge is -2.45. The van der Waals surface area contributed by atoms with E-state index in [0.29, 0.717) is 25.4 Å². The molecule has 19 heavy (non-hydrogen) atoms. The third-order valence-electron chi connectivity index (χ3n) is 4.26. The number of Topliss-reactive ketones (excluding diaryl/α,β-unsaturated/α-hetero) is 1. The summed E-state index contributed by atoms with van der Waals surface area (Å²) in [6.07, 6.45) is 7.25. The molecule has 106 valence electrons. The van der Waals surface area contributed by atoms with Crippen molar-refractivity contribution >= 4 is 11.9 Å². The minimum absolute atomic E-state index is 0.0204. The summed E-state index contributed by atoms with van der Waals surface area (Å²) in [5.74, 6) is 0.797. The van der Waals surface area contributed by atoms with Crippen molar-refractivity contribution in [3.05, 3.63) is 12.2 Å². The van der Waals surface area contributed by atoms with Crippen molar-refractivity contribution in [3.8, 4) is 0 Å². The number of nitrogens with zero attached hydrogens (tertiary/aromatic N) is 1. The Balaban J connectivity index is 2.18. The fraction of sp³-hybridized carbons (Fsp3) is 0.733. The molecule has 0 unspecified atom stereocenters. The van der Waals surface area contributed by atoms with Crippen LogP contribution in [-0.2, 0) is 9.53 Å². The highest BCUT2D eigenvalue weighted by Crippen LogP contribution is 2.38. The molecule has 3 atom stereocenters. The second-order valence-electron chi connectivity index (χ2n) is 5.33. The Bertz CT molecular complexity index is 378. The number of carbonyl (C=O) groups excluding carboxylic acids is 2. The van der Waals surface area contributed by atoms with Gasteiger partial charge in [-0.3, -0.25) is 4.79 Å². The number of likely N-dealkylation sites (tertiary alicyclic amines) is 1. The summed E-state index contributed by atoms with van der Waals surface area (Å²) < 4.78 is 5.13. The third-order valence-corrected chi connectivity index (χ3v) is 4.26. The van der Waals surface area contributed by atoms with Crippen LogP contribution in [0.2, 0.25) is 0 Å². The number of hydrogen-bond acceptors (Lipinski definition) is 3. The van der Waals surface area contributed by atoms with E-state index < -0.39 is 0 Å². The van der Waals surface area contributed by atoms with Gasteiger partial charge in [-0.05, 0) is 39.0 Å². The van der Waals surface area contributed by atoms with Crippen molar-refractivity contribution in [2.24, 2.45) is 11.8 Å². The van der Waals surface area contributed by atoms with E-state index in [1.165, 1.54) is 0 Å². The average molecular weight is 265 g/mol. The maximum atomic E-state index is 12.0. The van der Waals surface area contributed by atoms with Crippen molar-refractivity contribution in [2.75, 3.05) is 13.2 Å². The van der Waals surface area contributed by atoms with Crippen molar-refractivity contribution in [3.63, 3.8) is 0 Å². The molecule has 0 N–H and O–H groups in total. The number of allylic oxidation sites excluding steroid dienone is 1. The number of amides is 1. The van der Waals surface area contributed by atoms with Crippen LogP contribution in [0.5, 0.6) is 0 Å². The van der Waals surface area contributed by atoms with Gasteiger partial charge in [-0.15, -0.1) is 0 Å². The van der Waals surface area contributed by atoms with Gasteiger partial charge in [0.1, 0.15) is 5.78 Å². The van der Waals surface area contributed by atoms with Crippen molar-refractivity contribution in [1.29, 1.82) is 0 Å². The topological polar surface area (TPSA) is 46.6 Å². The average Bonchev–Trinajstić information content (AvgIpc) is 2.40. The van der Waals surface area contributed by atoms with Crippen LogP contribution in [0.4, 0.5) is 4.79 Å². The summed E-state index contributed by atoms with van der Waals surface area (Å²) in [5, 5.41) is 0. The highest BCUT2D eigenvalue weighted by Gasteiger charge is 2.43. The molecule has 0 bridgehead atoms. The summed E-state index contributed by atoms with van der Waals surface area (Å²) in [7, 11) is 0. The van der Waals surface area contributed by atoms with E-state index in [4.69, 9.17) is 4.74 Å². The molecule has 1 saturated heterocycles.